The van der Waals surface area contributed by atoms with Crippen molar-refractivity contribution in [2.45, 2.75) is 19.1 Å². The number of rotatable bonds is 2. The van der Waals surface area contributed by atoms with Crippen LogP contribution in [0.3, 0.4) is 0 Å². The van der Waals surface area contributed by atoms with E-state index in [1.165, 1.54) is 6.20 Å². The van der Waals surface area contributed by atoms with Gasteiger partial charge in [0, 0.05) is 18.9 Å². The molecule has 0 amide bonds. The predicted octanol–water partition coefficient (Wildman–Crippen LogP) is 1.18. The van der Waals surface area contributed by atoms with Crippen molar-refractivity contribution in [2.24, 2.45) is 0 Å². The lowest BCUT2D eigenvalue weighted by atomic mass is 10.1. The lowest BCUT2D eigenvalue weighted by molar-refractivity contribution is -0.154. The Morgan fingerprint density at radius 1 is 1.36 bits per heavy atom. The Labute approximate surface area is 126 Å². The van der Waals surface area contributed by atoms with Crippen LogP contribution in [-0.2, 0) is 9.53 Å². The van der Waals surface area contributed by atoms with Gasteiger partial charge in [-0.2, -0.15) is 5.26 Å². The molecule has 0 aliphatic carbocycles. The maximum absolute atomic E-state index is 11.2. The van der Waals surface area contributed by atoms with Crippen LogP contribution >= 0.6 is 0 Å². The summed E-state index contributed by atoms with van der Waals surface area (Å²) in [6, 6.07) is 5.56. The fourth-order valence-electron chi connectivity index (χ4n) is 2.67. The molecule has 2 aromatic rings. The number of nitriles is 1. The minimum Gasteiger partial charge on any atom is -0.479 e. The number of morpholine rings is 1. The summed E-state index contributed by atoms with van der Waals surface area (Å²) in [5, 5.41) is 18.4. The summed E-state index contributed by atoms with van der Waals surface area (Å²) in [7, 11) is 0. The third-order valence-electron chi connectivity index (χ3n) is 3.60. The van der Waals surface area contributed by atoms with Crippen LogP contribution in [0.15, 0.2) is 24.5 Å². The molecule has 0 saturated carbocycles. The first-order valence-electron chi connectivity index (χ1n) is 6.87. The van der Waals surface area contributed by atoms with Gasteiger partial charge in [0.15, 0.2) is 6.10 Å². The van der Waals surface area contributed by atoms with E-state index < -0.39 is 12.1 Å². The van der Waals surface area contributed by atoms with Crippen molar-refractivity contribution in [3.63, 3.8) is 0 Å². The Kier molecular flexibility index (Phi) is 3.61. The molecule has 1 fully saturated rings. The van der Waals surface area contributed by atoms with E-state index in [9.17, 15) is 9.90 Å². The van der Waals surface area contributed by atoms with E-state index in [2.05, 4.69) is 16.0 Å². The molecule has 2 heterocycles. The molecule has 3 rings (SSSR count). The number of nitrogens with zero attached hydrogens (tertiary/aromatic N) is 4. The highest BCUT2D eigenvalue weighted by Gasteiger charge is 2.31. The number of hydrogen-bond acceptors (Lipinski definition) is 6. The van der Waals surface area contributed by atoms with Crippen molar-refractivity contribution >= 4 is 22.7 Å². The summed E-state index contributed by atoms with van der Waals surface area (Å²) in [5.41, 5.74) is 2.33. The minimum atomic E-state index is -0.986. The summed E-state index contributed by atoms with van der Waals surface area (Å²) < 4.78 is 5.43. The van der Waals surface area contributed by atoms with Crippen LogP contribution < -0.4 is 4.90 Å². The van der Waals surface area contributed by atoms with Crippen LogP contribution in [0, 0.1) is 11.3 Å². The van der Waals surface area contributed by atoms with Crippen LogP contribution in [0.5, 0.6) is 0 Å². The van der Waals surface area contributed by atoms with Crippen LogP contribution in [-0.4, -0.2) is 46.3 Å². The van der Waals surface area contributed by atoms with Crippen LogP contribution in [0.25, 0.3) is 11.0 Å². The van der Waals surface area contributed by atoms with Crippen molar-refractivity contribution in [1.29, 1.82) is 5.26 Å². The summed E-state index contributed by atoms with van der Waals surface area (Å²) >= 11 is 0. The highest BCUT2D eigenvalue weighted by molar-refractivity contribution is 5.92. The molecule has 1 aliphatic rings. The standard InChI is InChI=1S/C15H14N4O3/c1-9-7-19(8-12(22-9)15(20)21)11-3-2-10(6-16)13-14(11)18-5-4-17-13/h2-5,9,12H,7-8H2,1H3,(H,20,21)/t9-,12-/m1/s1. The van der Waals surface area contributed by atoms with Gasteiger partial charge in [-0.15, -0.1) is 0 Å². The van der Waals surface area contributed by atoms with Gasteiger partial charge in [-0.3, -0.25) is 9.97 Å². The van der Waals surface area contributed by atoms with Crippen molar-refractivity contribution in [1.82, 2.24) is 9.97 Å². The number of carboxylic acids is 1. The summed E-state index contributed by atoms with van der Waals surface area (Å²) in [6.45, 7) is 2.62. The Bertz CT molecular complexity index is 771. The molecule has 7 heteroatoms. The zero-order valence-electron chi connectivity index (χ0n) is 11.9. The monoisotopic (exact) mass is 298 g/mol. The molecule has 1 saturated heterocycles. The van der Waals surface area contributed by atoms with Gasteiger partial charge in [0.2, 0.25) is 0 Å². The molecule has 1 aromatic heterocycles. The normalized spacial score (nSPS) is 21.5. The first-order chi connectivity index (χ1) is 10.6. The lowest BCUT2D eigenvalue weighted by Crippen LogP contribution is -2.49. The van der Waals surface area contributed by atoms with Crippen LogP contribution in [0.2, 0.25) is 0 Å². The molecule has 1 aliphatic heterocycles. The average Bonchev–Trinajstić information content (AvgIpc) is 2.53. The lowest BCUT2D eigenvalue weighted by Gasteiger charge is -2.36. The molecular formula is C15H14N4O3. The Balaban J connectivity index is 2.07. The third-order valence-corrected chi connectivity index (χ3v) is 3.60. The van der Waals surface area contributed by atoms with E-state index >= 15 is 0 Å². The summed E-state index contributed by atoms with van der Waals surface area (Å²) in [4.78, 5) is 21.7. The van der Waals surface area contributed by atoms with Crippen molar-refractivity contribution < 1.29 is 14.6 Å². The molecule has 0 unspecified atom stereocenters. The van der Waals surface area contributed by atoms with Gasteiger partial charge in [-0.25, -0.2) is 4.79 Å². The molecule has 0 radical (unpaired) electrons. The molecule has 0 bridgehead atoms. The van der Waals surface area contributed by atoms with Gasteiger partial charge in [-0.1, -0.05) is 0 Å². The van der Waals surface area contributed by atoms with Crippen molar-refractivity contribution in [3.8, 4) is 6.07 Å². The van der Waals surface area contributed by atoms with E-state index in [0.717, 1.165) is 5.69 Å². The van der Waals surface area contributed by atoms with Crippen molar-refractivity contribution in [3.05, 3.63) is 30.1 Å². The van der Waals surface area contributed by atoms with Gasteiger partial charge in [0.25, 0.3) is 0 Å². The number of aliphatic carboxylic acids is 1. The van der Waals surface area contributed by atoms with E-state index in [1.54, 1.807) is 18.3 Å². The van der Waals surface area contributed by atoms with E-state index in [4.69, 9.17) is 10.00 Å². The fourth-order valence-corrected chi connectivity index (χ4v) is 2.67. The number of benzene rings is 1. The molecule has 2 atom stereocenters. The summed E-state index contributed by atoms with van der Waals surface area (Å²) in [6.07, 6.45) is 2.00. The second-order valence-electron chi connectivity index (χ2n) is 5.18. The topological polar surface area (TPSA) is 99.3 Å². The Hall–Kier alpha value is -2.72. The smallest absolute Gasteiger partial charge is 0.334 e. The van der Waals surface area contributed by atoms with Crippen LogP contribution in [0.1, 0.15) is 12.5 Å². The highest BCUT2D eigenvalue weighted by Crippen LogP contribution is 2.28. The molecule has 112 valence electrons. The number of ether oxygens (including phenoxy) is 1. The Morgan fingerprint density at radius 2 is 2.09 bits per heavy atom. The summed E-state index contributed by atoms with van der Waals surface area (Å²) in [5.74, 6) is -0.986. The zero-order valence-corrected chi connectivity index (χ0v) is 11.9. The predicted molar refractivity (Wildman–Crippen MR) is 78.4 cm³/mol. The maximum Gasteiger partial charge on any atom is 0.334 e. The van der Waals surface area contributed by atoms with E-state index in [0.29, 0.717) is 23.1 Å². The molecule has 7 nitrogen and oxygen atoms in total. The number of anilines is 1. The van der Waals surface area contributed by atoms with Gasteiger partial charge in [0.1, 0.15) is 17.1 Å². The average molecular weight is 298 g/mol. The van der Waals surface area contributed by atoms with Gasteiger partial charge < -0.3 is 14.7 Å². The minimum absolute atomic E-state index is 0.211. The number of fused-ring (bicyclic) bond motifs is 1. The Morgan fingerprint density at radius 3 is 2.77 bits per heavy atom. The van der Waals surface area contributed by atoms with Crippen molar-refractivity contribution in [2.75, 3.05) is 18.0 Å². The van der Waals surface area contributed by atoms with Gasteiger partial charge in [0.05, 0.1) is 23.9 Å². The number of aromatic nitrogens is 2. The molecule has 1 N–H and O–H groups in total. The largest absolute Gasteiger partial charge is 0.479 e. The molecule has 0 spiro atoms. The first kappa shape index (κ1) is 14.2. The SMILES string of the molecule is C[C@@H]1CN(c2ccc(C#N)c3nccnc23)C[C@H](C(=O)O)O1. The molecule has 22 heavy (non-hydrogen) atoms. The van der Waals surface area contributed by atoms with E-state index in [1.807, 2.05) is 11.8 Å². The van der Waals surface area contributed by atoms with Gasteiger partial charge >= 0.3 is 5.97 Å². The zero-order chi connectivity index (χ0) is 15.7. The quantitative estimate of drug-likeness (QED) is 0.888. The third kappa shape index (κ3) is 2.44. The van der Waals surface area contributed by atoms with Crippen LogP contribution in [0.4, 0.5) is 5.69 Å². The molecule has 1 aromatic carbocycles. The van der Waals surface area contributed by atoms with Gasteiger partial charge in [-0.05, 0) is 19.1 Å². The number of carboxylic acid groups (broad SMARTS) is 1. The number of hydrogen-bond donors (Lipinski definition) is 1. The number of carbonyl (C=O) groups is 1. The van der Waals surface area contributed by atoms with E-state index in [-0.39, 0.29) is 12.6 Å². The first-order valence-corrected chi connectivity index (χ1v) is 6.87. The highest BCUT2D eigenvalue weighted by atomic mass is 16.5. The molecular weight excluding hydrogens is 284 g/mol. The maximum atomic E-state index is 11.2. The second-order valence-corrected chi connectivity index (χ2v) is 5.18. The fraction of sp³-hybridized carbons (Fsp3) is 0.333. The second kappa shape index (κ2) is 5.58.